The van der Waals surface area contributed by atoms with Gasteiger partial charge in [0.25, 0.3) is 5.91 Å². The highest BCUT2D eigenvalue weighted by atomic mass is 16.5. The van der Waals surface area contributed by atoms with E-state index in [-0.39, 0.29) is 5.91 Å². The minimum atomic E-state index is -0.148. The Balaban J connectivity index is 1.65. The largest absolute Gasteiger partial charge is 0.450 e. The van der Waals surface area contributed by atoms with Crippen LogP contribution in [0.1, 0.15) is 66.0 Å². The van der Waals surface area contributed by atoms with E-state index in [1.807, 2.05) is 6.07 Å². The maximum Gasteiger partial charge on any atom is 0.287 e. The number of quaternary nitrogens is 1. The van der Waals surface area contributed by atoms with E-state index >= 15 is 0 Å². The lowest BCUT2D eigenvalue weighted by molar-refractivity contribution is -0.954. The zero-order chi connectivity index (χ0) is 20.5. The summed E-state index contributed by atoms with van der Waals surface area (Å²) >= 11 is 0. The van der Waals surface area contributed by atoms with Crippen LogP contribution in [0.25, 0.3) is 0 Å². The number of benzene rings is 1. The number of ether oxygens (including phenoxy) is 1. The fraction of sp³-hybridized carbons (Fsp3) is 0.542. The highest BCUT2D eigenvalue weighted by Crippen LogP contribution is 2.17. The molecule has 29 heavy (non-hydrogen) atoms. The van der Waals surface area contributed by atoms with Crippen molar-refractivity contribution in [1.82, 2.24) is 5.32 Å². The number of nitrogens with one attached hydrogen (secondary N) is 2. The second-order valence-corrected chi connectivity index (χ2v) is 8.14. The Kier molecular flexibility index (Phi) is 8.32. The summed E-state index contributed by atoms with van der Waals surface area (Å²) in [5, 5.41) is 2.89. The van der Waals surface area contributed by atoms with E-state index in [9.17, 15) is 4.79 Å². The summed E-state index contributed by atoms with van der Waals surface area (Å²) in [5.74, 6) is 1.14. The third kappa shape index (κ3) is 6.44. The number of amides is 1. The number of carbonyl (C=O) groups is 1. The summed E-state index contributed by atoms with van der Waals surface area (Å²) in [4.78, 5) is 13.8. The Morgan fingerprint density at radius 3 is 2.69 bits per heavy atom. The first kappa shape index (κ1) is 21.6. The highest BCUT2D eigenvalue weighted by Gasteiger charge is 2.26. The molecule has 3 rings (SSSR count). The van der Waals surface area contributed by atoms with Crippen LogP contribution in [0.15, 0.2) is 40.8 Å². The van der Waals surface area contributed by atoms with Gasteiger partial charge in [-0.3, -0.25) is 4.79 Å². The normalized spacial score (nSPS) is 15.9. The maximum absolute atomic E-state index is 12.3. The molecule has 2 N–H and O–H groups in total. The molecule has 5 nitrogen and oxygen atoms in total. The molecule has 5 heteroatoms. The summed E-state index contributed by atoms with van der Waals surface area (Å²) in [5.41, 5.74) is 2.74. The Labute approximate surface area is 174 Å². The van der Waals surface area contributed by atoms with Gasteiger partial charge in [-0.2, -0.15) is 0 Å². The molecule has 0 spiro atoms. The molecule has 1 saturated carbocycles. The van der Waals surface area contributed by atoms with Crippen LogP contribution in [-0.2, 0) is 17.8 Å². The molecular weight excluding hydrogens is 364 g/mol. The lowest BCUT2D eigenvalue weighted by Crippen LogP contribution is -3.13. The summed E-state index contributed by atoms with van der Waals surface area (Å²) in [6.07, 6.45) is 7.32. The molecule has 1 aliphatic rings. The van der Waals surface area contributed by atoms with Gasteiger partial charge in [0.05, 0.1) is 6.04 Å². The molecule has 1 heterocycles. The van der Waals surface area contributed by atoms with E-state index < -0.39 is 0 Å². The number of carbonyl (C=O) groups excluding carboxylic acids is 1. The van der Waals surface area contributed by atoms with Gasteiger partial charge in [0, 0.05) is 25.8 Å². The van der Waals surface area contributed by atoms with Crippen LogP contribution >= 0.6 is 0 Å². The Bertz CT molecular complexity index is 765. The molecule has 0 saturated heterocycles. The van der Waals surface area contributed by atoms with Gasteiger partial charge < -0.3 is 19.4 Å². The van der Waals surface area contributed by atoms with Crippen LogP contribution in [0.5, 0.6) is 0 Å². The van der Waals surface area contributed by atoms with Crippen molar-refractivity contribution in [3.05, 3.63) is 59.0 Å². The smallest absolute Gasteiger partial charge is 0.287 e. The van der Waals surface area contributed by atoms with Crippen LogP contribution < -0.4 is 10.2 Å². The maximum atomic E-state index is 12.3. The van der Waals surface area contributed by atoms with E-state index in [0.29, 0.717) is 25.0 Å². The fourth-order valence-electron chi connectivity index (χ4n) is 4.24. The molecular formula is C24H35N2O3+. The third-order valence-corrected chi connectivity index (χ3v) is 5.96. The molecule has 0 radical (unpaired) electrons. The number of hydrogen-bond acceptors (Lipinski definition) is 3. The first-order chi connectivity index (χ1) is 14.2. The lowest BCUT2D eigenvalue weighted by Gasteiger charge is -2.31. The van der Waals surface area contributed by atoms with Crippen LogP contribution in [0.2, 0.25) is 0 Å². The zero-order valence-electron chi connectivity index (χ0n) is 17.8. The van der Waals surface area contributed by atoms with E-state index in [4.69, 9.17) is 9.15 Å². The van der Waals surface area contributed by atoms with Crippen LogP contribution in [0, 0.1) is 6.92 Å². The van der Waals surface area contributed by atoms with Crippen LogP contribution in [0.4, 0.5) is 0 Å². The number of furan rings is 1. The summed E-state index contributed by atoms with van der Waals surface area (Å²) in [7, 11) is 1.66. The minimum absolute atomic E-state index is 0.148. The quantitative estimate of drug-likeness (QED) is 0.603. The van der Waals surface area contributed by atoms with Gasteiger partial charge >= 0.3 is 0 Å². The Hall–Kier alpha value is -2.11. The number of rotatable bonds is 10. The van der Waals surface area contributed by atoms with E-state index in [2.05, 4.69) is 36.5 Å². The molecule has 2 aromatic rings. The molecule has 158 valence electrons. The van der Waals surface area contributed by atoms with Crippen molar-refractivity contribution >= 4 is 5.91 Å². The highest BCUT2D eigenvalue weighted by molar-refractivity contribution is 5.91. The number of aryl methyl sites for hydroxylation is 1. The van der Waals surface area contributed by atoms with Crippen molar-refractivity contribution in [2.45, 2.75) is 64.6 Å². The predicted molar refractivity (Wildman–Crippen MR) is 114 cm³/mol. The average molecular weight is 400 g/mol. The van der Waals surface area contributed by atoms with Gasteiger partial charge in [-0.15, -0.1) is 0 Å². The molecule has 0 bridgehead atoms. The molecule has 1 atom stereocenters. The van der Waals surface area contributed by atoms with Gasteiger partial charge in [-0.25, -0.2) is 0 Å². The topological polar surface area (TPSA) is 55.9 Å². The van der Waals surface area contributed by atoms with Crippen LogP contribution in [0.3, 0.4) is 0 Å². The van der Waals surface area contributed by atoms with Crippen molar-refractivity contribution < 1.29 is 18.8 Å². The standard InChI is InChI=1S/C24H34N2O3/c1-19-9-6-7-10-20(19)17-26(21-11-4-3-5-12-21)18-22-13-14-23(29-22)24(27)25-15-8-16-28-2/h6-7,9-10,13-14,21H,3-5,8,11-12,15-18H2,1-2H3,(H,25,27)/p+1. The molecule has 1 amide bonds. The SMILES string of the molecule is COCCCNC(=O)c1ccc(C[NH+](Cc2ccccc2C)C2CCCCC2)o1. The monoisotopic (exact) mass is 399 g/mol. The fourth-order valence-corrected chi connectivity index (χ4v) is 4.24. The number of hydrogen-bond donors (Lipinski definition) is 2. The van der Waals surface area contributed by atoms with E-state index in [1.165, 1.54) is 43.2 Å². The molecule has 1 aromatic carbocycles. The van der Waals surface area contributed by atoms with Crippen LogP contribution in [-0.4, -0.2) is 32.2 Å². The van der Waals surface area contributed by atoms with E-state index in [1.54, 1.807) is 18.1 Å². The van der Waals surface area contributed by atoms with Gasteiger partial charge in [0.2, 0.25) is 0 Å². The summed E-state index contributed by atoms with van der Waals surface area (Å²) in [6, 6.07) is 13.1. The van der Waals surface area contributed by atoms with Crippen molar-refractivity contribution in [3.63, 3.8) is 0 Å². The Morgan fingerprint density at radius 1 is 1.14 bits per heavy atom. The van der Waals surface area contributed by atoms with Crippen molar-refractivity contribution in [2.24, 2.45) is 0 Å². The minimum Gasteiger partial charge on any atom is -0.450 e. The average Bonchev–Trinajstić information content (AvgIpc) is 3.21. The third-order valence-electron chi connectivity index (χ3n) is 5.96. The van der Waals surface area contributed by atoms with Crippen molar-refractivity contribution in [1.29, 1.82) is 0 Å². The van der Waals surface area contributed by atoms with E-state index in [0.717, 1.165) is 25.3 Å². The predicted octanol–water partition coefficient (Wildman–Crippen LogP) is 3.27. The zero-order valence-corrected chi connectivity index (χ0v) is 17.8. The number of methoxy groups -OCH3 is 1. The first-order valence-electron chi connectivity index (χ1n) is 10.9. The molecule has 1 unspecified atom stereocenters. The van der Waals surface area contributed by atoms with Crippen molar-refractivity contribution in [2.75, 3.05) is 20.3 Å². The van der Waals surface area contributed by atoms with Gasteiger partial charge in [-0.05, 0) is 56.7 Å². The molecule has 1 fully saturated rings. The Morgan fingerprint density at radius 2 is 1.93 bits per heavy atom. The molecule has 0 aliphatic heterocycles. The van der Waals surface area contributed by atoms with Gasteiger partial charge in [-0.1, -0.05) is 30.7 Å². The lowest BCUT2D eigenvalue weighted by atomic mass is 9.93. The van der Waals surface area contributed by atoms with Gasteiger partial charge in [0.1, 0.15) is 13.1 Å². The molecule has 1 aromatic heterocycles. The second kappa shape index (κ2) is 11.2. The summed E-state index contributed by atoms with van der Waals surface area (Å²) in [6.45, 7) is 5.23. The summed E-state index contributed by atoms with van der Waals surface area (Å²) < 4.78 is 10.9. The second-order valence-electron chi connectivity index (χ2n) is 8.14. The molecule has 1 aliphatic carbocycles. The first-order valence-corrected chi connectivity index (χ1v) is 10.9. The van der Waals surface area contributed by atoms with Gasteiger partial charge in [0.15, 0.2) is 11.5 Å². The van der Waals surface area contributed by atoms with Crippen molar-refractivity contribution in [3.8, 4) is 0 Å².